The Morgan fingerprint density at radius 3 is 2.45 bits per heavy atom. The van der Waals surface area contributed by atoms with Gasteiger partial charge >= 0.3 is 0 Å². The second kappa shape index (κ2) is 7.06. The van der Waals surface area contributed by atoms with E-state index in [1.54, 1.807) is 0 Å². The molecule has 0 spiro atoms. The summed E-state index contributed by atoms with van der Waals surface area (Å²) < 4.78 is 0. The summed E-state index contributed by atoms with van der Waals surface area (Å²) in [7, 11) is 0. The molecule has 2 aromatic carbocycles. The molecule has 0 radical (unpaired) electrons. The summed E-state index contributed by atoms with van der Waals surface area (Å²) in [6.07, 6.45) is 0.990. The molecule has 0 amide bonds. The van der Waals surface area contributed by atoms with Crippen molar-refractivity contribution in [2.75, 3.05) is 5.32 Å². The summed E-state index contributed by atoms with van der Waals surface area (Å²) in [5, 5.41) is 7.16. The predicted octanol–water partition coefficient (Wildman–Crippen LogP) is 4.04. The first-order valence-corrected chi connectivity index (χ1v) is 7.28. The van der Waals surface area contributed by atoms with Crippen LogP contribution in [0.3, 0.4) is 0 Å². The number of rotatable bonds is 4. The molecule has 0 aliphatic heterocycles. The Morgan fingerprint density at radius 2 is 1.75 bits per heavy atom. The van der Waals surface area contributed by atoms with Crippen molar-refractivity contribution >= 4 is 23.0 Å². The fraction of sp³-hybridized carbons (Fsp3) is 0.235. The summed E-state index contributed by atoms with van der Waals surface area (Å²) in [6.45, 7) is 4.97. The van der Waals surface area contributed by atoms with E-state index >= 15 is 0 Å². The van der Waals surface area contributed by atoms with Gasteiger partial charge in [-0.15, -0.1) is 0 Å². The fourth-order valence-corrected chi connectivity index (χ4v) is 2.19. The van der Waals surface area contributed by atoms with Crippen molar-refractivity contribution in [1.82, 2.24) is 5.32 Å². The molecule has 0 aliphatic carbocycles. The van der Waals surface area contributed by atoms with Crippen LogP contribution in [0.1, 0.15) is 23.6 Å². The van der Waals surface area contributed by atoms with E-state index in [1.807, 2.05) is 12.1 Å². The lowest BCUT2D eigenvalue weighted by Crippen LogP contribution is -2.28. The maximum absolute atomic E-state index is 5.35. The summed E-state index contributed by atoms with van der Waals surface area (Å²) in [5.41, 5.74) is 4.85. The van der Waals surface area contributed by atoms with Gasteiger partial charge in [0.15, 0.2) is 5.11 Å². The maximum Gasteiger partial charge on any atom is 0.171 e. The number of hydrogen-bond donors (Lipinski definition) is 2. The smallest absolute Gasteiger partial charge is 0.171 e. The van der Waals surface area contributed by atoms with Gasteiger partial charge < -0.3 is 10.6 Å². The van der Waals surface area contributed by atoms with Crippen LogP contribution in [-0.2, 0) is 13.0 Å². The zero-order valence-corrected chi connectivity index (χ0v) is 12.8. The topological polar surface area (TPSA) is 24.1 Å². The molecule has 2 aromatic rings. The molecule has 0 saturated heterocycles. The number of benzene rings is 2. The Kier molecular flexibility index (Phi) is 5.13. The van der Waals surface area contributed by atoms with Crippen LogP contribution in [0.25, 0.3) is 0 Å². The summed E-state index contributed by atoms with van der Waals surface area (Å²) >= 11 is 5.35. The van der Waals surface area contributed by atoms with Crippen molar-refractivity contribution in [1.29, 1.82) is 0 Å². The molecule has 20 heavy (non-hydrogen) atoms. The quantitative estimate of drug-likeness (QED) is 0.828. The van der Waals surface area contributed by atoms with Crippen LogP contribution in [0.2, 0.25) is 0 Å². The highest BCUT2D eigenvalue weighted by atomic mass is 32.1. The van der Waals surface area contributed by atoms with E-state index in [-0.39, 0.29) is 0 Å². The number of anilines is 1. The Morgan fingerprint density at radius 1 is 1.05 bits per heavy atom. The van der Waals surface area contributed by atoms with E-state index < -0.39 is 0 Å². The molecule has 0 saturated carbocycles. The van der Waals surface area contributed by atoms with Crippen molar-refractivity contribution in [3.63, 3.8) is 0 Å². The SMILES string of the molecule is CCc1ccccc1NC(=S)NCc1ccc(C)cc1. The van der Waals surface area contributed by atoms with Crippen LogP contribution in [0.5, 0.6) is 0 Å². The van der Waals surface area contributed by atoms with Gasteiger partial charge in [-0.3, -0.25) is 0 Å². The molecule has 104 valence electrons. The molecule has 0 atom stereocenters. The molecule has 0 heterocycles. The van der Waals surface area contributed by atoms with Gasteiger partial charge in [0.05, 0.1) is 0 Å². The van der Waals surface area contributed by atoms with Crippen molar-refractivity contribution < 1.29 is 0 Å². The zero-order chi connectivity index (χ0) is 14.4. The fourth-order valence-electron chi connectivity index (χ4n) is 2.01. The number of hydrogen-bond acceptors (Lipinski definition) is 1. The summed E-state index contributed by atoms with van der Waals surface area (Å²) in [4.78, 5) is 0. The van der Waals surface area contributed by atoms with Crippen LogP contribution < -0.4 is 10.6 Å². The first-order chi connectivity index (χ1) is 9.69. The lowest BCUT2D eigenvalue weighted by atomic mass is 10.1. The van der Waals surface area contributed by atoms with E-state index in [1.165, 1.54) is 16.7 Å². The minimum Gasteiger partial charge on any atom is -0.358 e. The third-order valence-electron chi connectivity index (χ3n) is 3.22. The minimum absolute atomic E-state index is 0.659. The van der Waals surface area contributed by atoms with Crippen LogP contribution >= 0.6 is 12.2 Å². The van der Waals surface area contributed by atoms with Gasteiger partial charge in [-0.25, -0.2) is 0 Å². The van der Waals surface area contributed by atoms with Crippen molar-refractivity contribution in [3.05, 3.63) is 65.2 Å². The first kappa shape index (κ1) is 14.5. The number of para-hydroxylation sites is 1. The van der Waals surface area contributed by atoms with Crippen LogP contribution in [0, 0.1) is 6.92 Å². The summed E-state index contributed by atoms with van der Waals surface area (Å²) in [5.74, 6) is 0. The van der Waals surface area contributed by atoms with Crippen LogP contribution in [0.15, 0.2) is 48.5 Å². The molecule has 2 rings (SSSR count). The lowest BCUT2D eigenvalue weighted by Gasteiger charge is -2.13. The van der Waals surface area contributed by atoms with Crippen molar-refractivity contribution in [2.24, 2.45) is 0 Å². The molecule has 2 nitrogen and oxygen atoms in total. The Balaban J connectivity index is 1.91. The Hall–Kier alpha value is -1.87. The normalized spacial score (nSPS) is 10.1. The Bertz CT molecular complexity index is 576. The zero-order valence-electron chi connectivity index (χ0n) is 11.9. The third kappa shape index (κ3) is 4.07. The van der Waals surface area contributed by atoms with Gasteiger partial charge in [-0.05, 0) is 42.8 Å². The monoisotopic (exact) mass is 284 g/mol. The number of nitrogens with one attached hydrogen (secondary N) is 2. The average Bonchev–Trinajstić information content (AvgIpc) is 2.47. The van der Waals surface area contributed by atoms with Gasteiger partial charge in [0.25, 0.3) is 0 Å². The van der Waals surface area contributed by atoms with Crippen LogP contribution in [0.4, 0.5) is 5.69 Å². The van der Waals surface area contributed by atoms with Crippen molar-refractivity contribution in [3.8, 4) is 0 Å². The highest BCUT2D eigenvalue weighted by Gasteiger charge is 2.02. The molecule has 0 unspecified atom stereocenters. The molecular formula is C17H20N2S. The van der Waals surface area contributed by atoms with Gasteiger partial charge in [-0.2, -0.15) is 0 Å². The van der Waals surface area contributed by atoms with Gasteiger partial charge in [0.1, 0.15) is 0 Å². The van der Waals surface area contributed by atoms with E-state index in [4.69, 9.17) is 12.2 Å². The molecular weight excluding hydrogens is 264 g/mol. The minimum atomic E-state index is 0.659. The van der Waals surface area contributed by atoms with E-state index in [0.717, 1.165) is 18.7 Å². The molecule has 3 heteroatoms. The van der Waals surface area contributed by atoms with E-state index in [2.05, 4.69) is 60.9 Å². The number of thiocarbonyl (C=S) groups is 1. The van der Waals surface area contributed by atoms with Crippen LogP contribution in [-0.4, -0.2) is 5.11 Å². The first-order valence-electron chi connectivity index (χ1n) is 6.87. The molecule has 0 aliphatic rings. The second-order valence-corrected chi connectivity index (χ2v) is 5.21. The van der Waals surface area contributed by atoms with Gasteiger partial charge in [0, 0.05) is 12.2 Å². The largest absolute Gasteiger partial charge is 0.358 e. The van der Waals surface area contributed by atoms with Gasteiger partial charge in [-0.1, -0.05) is 55.0 Å². The number of aryl methyl sites for hydroxylation is 2. The van der Waals surface area contributed by atoms with Gasteiger partial charge in [0.2, 0.25) is 0 Å². The predicted molar refractivity (Wildman–Crippen MR) is 90.1 cm³/mol. The highest BCUT2D eigenvalue weighted by Crippen LogP contribution is 2.15. The second-order valence-electron chi connectivity index (χ2n) is 4.80. The summed E-state index contributed by atoms with van der Waals surface area (Å²) in [6, 6.07) is 16.7. The third-order valence-corrected chi connectivity index (χ3v) is 3.47. The maximum atomic E-state index is 5.35. The lowest BCUT2D eigenvalue weighted by molar-refractivity contribution is 0.924. The van der Waals surface area contributed by atoms with E-state index in [0.29, 0.717) is 5.11 Å². The van der Waals surface area contributed by atoms with Crippen molar-refractivity contribution in [2.45, 2.75) is 26.8 Å². The molecule has 0 bridgehead atoms. The molecule has 0 aromatic heterocycles. The highest BCUT2D eigenvalue weighted by molar-refractivity contribution is 7.80. The van der Waals surface area contributed by atoms with E-state index in [9.17, 15) is 0 Å². The average molecular weight is 284 g/mol. The molecule has 0 fully saturated rings. The Labute approximate surface area is 126 Å². The molecule has 2 N–H and O–H groups in total. The standard InChI is InChI=1S/C17H20N2S/c1-3-15-6-4-5-7-16(15)19-17(20)18-12-14-10-8-13(2)9-11-14/h4-11H,3,12H2,1-2H3,(H2,18,19,20).